The van der Waals surface area contributed by atoms with Crippen LogP contribution in [0.3, 0.4) is 0 Å². The molecule has 0 saturated carbocycles. The van der Waals surface area contributed by atoms with Gasteiger partial charge in [0.15, 0.2) is 0 Å². The average Bonchev–Trinajstić information content (AvgIpc) is 2.14. The van der Waals surface area contributed by atoms with Crippen LogP contribution in [0.4, 0.5) is 0 Å². The molecule has 0 aliphatic rings. The van der Waals surface area contributed by atoms with Crippen molar-refractivity contribution in [3.63, 3.8) is 0 Å². The van der Waals surface area contributed by atoms with Gasteiger partial charge in [-0.05, 0) is 20.8 Å². The van der Waals surface area contributed by atoms with Crippen molar-refractivity contribution in [2.45, 2.75) is 32.9 Å². The molecular formula is C9H17O5P. The monoisotopic (exact) mass is 236 g/mol. The molecule has 0 spiro atoms. The maximum Gasteiger partial charge on any atom is 0.341 e. The minimum Gasteiger partial charge on any atom is -0.308 e. The van der Waals surface area contributed by atoms with Crippen LogP contribution in [-0.2, 0) is 23.2 Å². The third-order valence-electron chi connectivity index (χ3n) is 1.68. The summed E-state index contributed by atoms with van der Waals surface area (Å²) < 4.78 is 22.0. The Bertz CT molecular complexity index is 253. The van der Waals surface area contributed by atoms with E-state index in [0.717, 1.165) is 0 Å². The summed E-state index contributed by atoms with van der Waals surface area (Å²) in [5.41, 5.74) is -0.991. The van der Waals surface area contributed by atoms with Gasteiger partial charge in [-0.2, -0.15) is 0 Å². The van der Waals surface area contributed by atoms with Gasteiger partial charge >= 0.3 is 7.60 Å². The van der Waals surface area contributed by atoms with E-state index in [0.29, 0.717) is 6.29 Å². The zero-order valence-electron chi connectivity index (χ0n) is 9.26. The second-order valence-corrected chi connectivity index (χ2v) is 5.24. The molecule has 15 heavy (non-hydrogen) atoms. The first-order valence-electron chi connectivity index (χ1n) is 4.83. The van der Waals surface area contributed by atoms with Crippen molar-refractivity contribution in [1.82, 2.24) is 0 Å². The zero-order chi connectivity index (χ0) is 11.9. The average molecular weight is 236 g/mol. The van der Waals surface area contributed by atoms with Crippen molar-refractivity contribution in [3.8, 4) is 0 Å². The number of hydrogen-bond acceptors (Lipinski definition) is 5. The Kier molecular flexibility index (Phi) is 6.65. The van der Waals surface area contributed by atoms with Gasteiger partial charge in [0, 0.05) is 6.42 Å². The minimum atomic E-state index is -3.47. The lowest BCUT2D eigenvalue weighted by molar-refractivity contribution is -0.119. The van der Waals surface area contributed by atoms with E-state index in [1.54, 1.807) is 13.8 Å². The first-order chi connectivity index (χ1) is 7.00. The second kappa shape index (κ2) is 6.88. The van der Waals surface area contributed by atoms with Crippen LogP contribution < -0.4 is 0 Å². The lowest BCUT2D eigenvalue weighted by Gasteiger charge is -2.21. The molecule has 0 radical (unpaired) electrons. The van der Waals surface area contributed by atoms with Crippen molar-refractivity contribution in [2.24, 2.45) is 0 Å². The highest BCUT2D eigenvalue weighted by molar-refractivity contribution is 7.55. The lowest BCUT2D eigenvalue weighted by Crippen LogP contribution is -2.18. The summed E-state index contributed by atoms with van der Waals surface area (Å²) in [6.07, 6.45) is 0.355. The maximum absolute atomic E-state index is 12.1. The van der Waals surface area contributed by atoms with E-state index in [1.807, 2.05) is 0 Å². The van der Waals surface area contributed by atoms with Gasteiger partial charge in [-0.3, -0.25) is 9.36 Å². The van der Waals surface area contributed by atoms with Crippen LogP contribution in [0.25, 0.3) is 0 Å². The number of aldehydes is 1. The van der Waals surface area contributed by atoms with Crippen LogP contribution in [0.5, 0.6) is 0 Å². The fourth-order valence-corrected chi connectivity index (χ4v) is 2.92. The molecule has 0 bridgehead atoms. The van der Waals surface area contributed by atoms with Gasteiger partial charge in [0.25, 0.3) is 0 Å². The van der Waals surface area contributed by atoms with Crippen molar-refractivity contribution >= 4 is 19.7 Å². The number of carbonyl (C=O) groups is 2. The lowest BCUT2D eigenvalue weighted by atomic mass is 10.2. The van der Waals surface area contributed by atoms with Gasteiger partial charge in [0.05, 0.1) is 13.2 Å². The number of rotatable bonds is 8. The largest absolute Gasteiger partial charge is 0.341 e. The summed E-state index contributed by atoms with van der Waals surface area (Å²) in [5, 5.41) is 0. The molecule has 0 aliphatic heterocycles. The molecule has 0 heterocycles. The molecule has 5 nitrogen and oxygen atoms in total. The highest BCUT2D eigenvalue weighted by Gasteiger charge is 2.36. The molecule has 0 N–H and O–H groups in total. The molecule has 0 rings (SSSR count). The first-order valence-corrected chi connectivity index (χ1v) is 6.44. The Morgan fingerprint density at radius 3 is 2.07 bits per heavy atom. The van der Waals surface area contributed by atoms with E-state index in [1.165, 1.54) is 6.92 Å². The molecule has 0 aromatic heterocycles. The number of carbonyl (C=O) groups excluding carboxylic acids is 2. The fraction of sp³-hybridized carbons (Fsp3) is 0.778. The maximum atomic E-state index is 12.1. The van der Waals surface area contributed by atoms with E-state index in [-0.39, 0.29) is 25.4 Å². The highest BCUT2D eigenvalue weighted by Crippen LogP contribution is 2.53. The number of hydrogen-bond donors (Lipinski definition) is 0. The SMILES string of the molecule is CCOP(=O)(OCC)C(C=O)CC(C)=O. The fourth-order valence-electron chi connectivity index (χ4n) is 1.12. The Labute approximate surface area is 89.7 Å². The van der Waals surface area contributed by atoms with Crippen molar-refractivity contribution in [2.75, 3.05) is 13.2 Å². The molecule has 0 amide bonds. The van der Waals surface area contributed by atoms with Gasteiger partial charge < -0.3 is 13.8 Å². The van der Waals surface area contributed by atoms with E-state index in [9.17, 15) is 14.2 Å². The Morgan fingerprint density at radius 1 is 1.33 bits per heavy atom. The van der Waals surface area contributed by atoms with Gasteiger partial charge in [-0.15, -0.1) is 0 Å². The summed E-state index contributed by atoms with van der Waals surface area (Å²) in [5.74, 6) is -0.216. The quantitative estimate of drug-likeness (QED) is 0.474. The number of ketones is 1. The summed E-state index contributed by atoms with van der Waals surface area (Å²) >= 11 is 0. The summed E-state index contributed by atoms with van der Waals surface area (Å²) in [4.78, 5) is 21.6. The summed E-state index contributed by atoms with van der Waals surface area (Å²) in [6.45, 7) is 5.00. The minimum absolute atomic E-state index is 0.110. The van der Waals surface area contributed by atoms with Gasteiger partial charge in [0.2, 0.25) is 0 Å². The Morgan fingerprint density at radius 2 is 1.80 bits per heavy atom. The van der Waals surface area contributed by atoms with Crippen LogP contribution >= 0.6 is 7.60 Å². The zero-order valence-corrected chi connectivity index (χ0v) is 10.2. The third kappa shape index (κ3) is 4.69. The van der Waals surface area contributed by atoms with Gasteiger partial charge in [-0.1, -0.05) is 0 Å². The van der Waals surface area contributed by atoms with Crippen LogP contribution in [-0.4, -0.2) is 30.9 Å². The van der Waals surface area contributed by atoms with E-state index in [4.69, 9.17) is 9.05 Å². The van der Waals surface area contributed by atoms with Crippen molar-refractivity contribution in [1.29, 1.82) is 0 Å². The molecule has 0 fully saturated rings. The number of Topliss-reactive ketones (excluding diaryl/α,β-unsaturated/α-hetero) is 1. The standard InChI is InChI=1S/C9H17O5P/c1-4-13-15(12,14-5-2)9(7-10)6-8(3)11/h7,9H,4-6H2,1-3H3. The molecule has 1 unspecified atom stereocenters. The topological polar surface area (TPSA) is 69.7 Å². The molecule has 1 atom stereocenters. The Hall–Kier alpha value is -0.510. The smallest absolute Gasteiger partial charge is 0.308 e. The summed E-state index contributed by atoms with van der Waals surface area (Å²) in [7, 11) is -3.47. The predicted molar refractivity (Wildman–Crippen MR) is 56.0 cm³/mol. The Balaban J connectivity index is 4.75. The van der Waals surface area contributed by atoms with E-state index in [2.05, 4.69) is 0 Å². The molecule has 0 aromatic carbocycles. The molecule has 6 heteroatoms. The van der Waals surface area contributed by atoms with Gasteiger partial charge in [0.1, 0.15) is 17.7 Å². The molecule has 0 saturated heterocycles. The molecule has 88 valence electrons. The van der Waals surface area contributed by atoms with E-state index >= 15 is 0 Å². The molecular weight excluding hydrogens is 219 g/mol. The predicted octanol–water partition coefficient (Wildman–Crippen LogP) is 1.80. The molecule has 0 aliphatic carbocycles. The van der Waals surface area contributed by atoms with Crippen LogP contribution in [0.15, 0.2) is 0 Å². The van der Waals surface area contributed by atoms with E-state index < -0.39 is 13.3 Å². The summed E-state index contributed by atoms with van der Waals surface area (Å²) in [6, 6.07) is 0. The first kappa shape index (κ1) is 14.5. The highest BCUT2D eigenvalue weighted by atomic mass is 31.2. The normalized spacial score (nSPS) is 13.5. The van der Waals surface area contributed by atoms with Crippen LogP contribution in [0.1, 0.15) is 27.2 Å². The van der Waals surface area contributed by atoms with Crippen molar-refractivity contribution < 1.29 is 23.2 Å². The van der Waals surface area contributed by atoms with Crippen LogP contribution in [0.2, 0.25) is 0 Å². The van der Waals surface area contributed by atoms with Crippen molar-refractivity contribution in [3.05, 3.63) is 0 Å². The third-order valence-corrected chi connectivity index (χ3v) is 4.03. The van der Waals surface area contributed by atoms with Crippen LogP contribution in [0, 0.1) is 0 Å². The second-order valence-electron chi connectivity index (χ2n) is 2.98. The van der Waals surface area contributed by atoms with Gasteiger partial charge in [-0.25, -0.2) is 0 Å². The molecule has 0 aromatic rings.